The summed E-state index contributed by atoms with van der Waals surface area (Å²) in [6.45, 7) is 4.41. The summed E-state index contributed by atoms with van der Waals surface area (Å²) in [7, 11) is 5.38. The smallest absolute Gasteiger partial charge is 0.306 e. The molecule has 0 heterocycles. The van der Waals surface area contributed by atoms with Gasteiger partial charge in [-0.1, -0.05) is 157 Å². The molecule has 8 nitrogen and oxygen atoms in total. The molecule has 0 spiro atoms. The van der Waals surface area contributed by atoms with Crippen LogP contribution in [0.25, 0.3) is 0 Å². The highest BCUT2D eigenvalue weighted by Crippen LogP contribution is 2.13. The Bertz CT molecular complexity index is 1190. The van der Waals surface area contributed by atoms with E-state index in [0.29, 0.717) is 6.42 Å². The van der Waals surface area contributed by atoms with Crippen LogP contribution in [-0.2, 0) is 28.6 Å². The quantitative estimate of drug-likeness (QED) is 0.0203. The van der Waals surface area contributed by atoms with Crippen molar-refractivity contribution in [1.29, 1.82) is 0 Å². The van der Waals surface area contributed by atoms with Crippen molar-refractivity contribution in [3.05, 3.63) is 85.1 Å². The second kappa shape index (κ2) is 38.4. The van der Waals surface area contributed by atoms with Crippen molar-refractivity contribution in [3.63, 3.8) is 0 Å². The van der Waals surface area contributed by atoms with Crippen molar-refractivity contribution in [3.8, 4) is 0 Å². The van der Waals surface area contributed by atoms with E-state index >= 15 is 0 Å². The largest absolute Gasteiger partial charge is 0.544 e. The van der Waals surface area contributed by atoms with Crippen molar-refractivity contribution >= 4 is 17.9 Å². The van der Waals surface area contributed by atoms with E-state index in [1.807, 2.05) is 36.5 Å². The molecule has 318 valence electrons. The van der Waals surface area contributed by atoms with Crippen LogP contribution in [-0.4, -0.2) is 75.5 Å². The molecule has 2 atom stereocenters. The Labute approximate surface area is 342 Å². The van der Waals surface area contributed by atoms with E-state index in [0.717, 1.165) is 83.5 Å². The van der Waals surface area contributed by atoms with Crippen LogP contribution >= 0.6 is 0 Å². The van der Waals surface area contributed by atoms with E-state index in [1.165, 1.54) is 32.1 Å². The van der Waals surface area contributed by atoms with E-state index in [2.05, 4.69) is 62.5 Å². The van der Waals surface area contributed by atoms with Crippen LogP contribution in [0.3, 0.4) is 0 Å². The molecule has 0 aromatic rings. The number of likely N-dealkylation sites (N-methyl/N-ethyl adjacent to an activating group) is 1. The molecule has 0 rings (SSSR count). The number of unbranched alkanes of at least 4 members (excludes halogenated alkanes) is 13. The monoisotopic (exact) mass is 782 g/mol. The Morgan fingerprint density at radius 1 is 0.571 bits per heavy atom. The zero-order valence-corrected chi connectivity index (χ0v) is 36.0. The third kappa shape index (κ3) is 36.2. The number of esters is 2. The fraction of sp³-hybridized carbons (Fsp3) is 0.646. The molecule has 0 saturated carbocycles. The van der Waals surface area contributed by atoms with Gasteiger partial charge in [-0.15, -0.1) is 0 Å². The molecule has 0 fully saturated rings. The Morgan fingerprint density at radius 2 is 1.07 bits per heavy atom. The molecule has 8 heteroatoms. The molecule has 0 aliphatic rings. The minimum absolute atomic E-state index is 0.0222. The van der Waals surface area contributed by atoms with E-state index in [9.17, 15) is 19.5 Å². The van der Waals surface area contributed by atoms with Gasteiger partial charge in [-0.25, -0.2) is 0 Å². The van der Waals surface area contributed by atoms with Crippen molar-refractivity contribution in [1.82, 2.24) is 0 Å². The molecule has 2 unspecified atom stereocenters. The Kier molecular flexibility index (Phi) is 36.0. The summed E-state index contributed by atoms with van der Waals surface area (Å²) in [5.74, 6) is -1.79. The number of aliphatic carboxylic acids is 1. The highest BCUT2D eigenvalue weighted by Gasteiger charge is 2.25. The van der Waals surface area contributed by atoms with Gasteiger partial charge in [0.1, 0.15) is 12.6 Å². The van der Waals surface area contributed by atoms with Gasteiger partial charge < -0.3 is 28.6 Å². The van der Waals surface area contributed by atoms with Crippen LogP contribution < -0.4 is 5.11 Å². The number of carboxylic acid groups (broad SMARTS) is 1. The van der Waals surface area contributed by atoms with E-state index in [1.54, 1.807) is 21.1 Å². The lowest BCUT2D eigenvalue weighted by Gasteiger charge is -2.34. The van der Waals surface area contributed by atoms with Gasteiger partial charge in [-0.3, -0.25) is 9.59 Å². The molecular weight excluding hydrogens is 703 g/mol. The van der Waals surface area contributed by atoms with Crippen LogP contribution in [0.15, 0.2) is 85.1 Å². The summed E-state index contributed by atoms with van der Waals surface area (Å²) in [6.07, 6.45) is 48.8. The summed E-state index contributed by atoms with van der Waals surface area (Å²) in [6, 6.07) is -0.736. The lowest BCUT2D eigenvalue weighted by molar-refractivity contribution is -0.889. The minimum atomic E-state index is -1.14. The van der Waals surface area contributed by atoms with Crippen molar-refractivity contribution in [2.75, 3.05) is 41.0 Å². The average molecular weight is 782 g/mol. The fourth-order valence-electron chi connectivity index (χ4n) is 5.78. The van der Waals surface area contributed by atoms with Crippen LogP contribution in [0.2, 0.25) is 0 Å². The molecule has 0 radical (unpaired) electrons. The summed E-state index contributed by atoms with van der Waals surface area (Å²) in [4.78, 5) is 36.8. The van der Waals surface area contributed by atoms with Crippen LogP contribution in [0.1, 0.15) is 149 Å². The number of quaternary nitrogens is 1. The van der Waals surface area contributed by atoms with Gasteiger partial charge in [0.2, 0.25) is 0 Å². The molecule has 0 amide bonds. The van der Waals surface area contributed by atoms with Gasteiger partial charge in [0.05, 0.1) is 40.3 Å². The Balaban J connectivity index is 4.45. The highest BCUT2D eigenvalue weighted by atomic mass is 16.6. The lowest BCUT2D eigenvalue weighted by Crippen LogP contribution is -2.55. The number of carbonyl (C=O) groups is 3. The number of hydrogen-bond donors (Lipinski definition) is 0. The van der Waals surface area contributed by atoms with Crippen molar-refractivity contribution < 1.29 is 38.2 Å². The molecule has 0 N–H and O–H groups in total. The summed E-state index contributed by atoms with van der Waals surface area (Å²) in [5.41, 5.74) is 0. The topological polar surface area (TPSA) is 102 Å². The van der Waals surface area contributed by atoms with E-state index in [4.69, 9.17) is 14.2 Å². The van der Waals surface area contributed by atoms with Gasteiger partial charge >= 0.3 is 11.9 Å². The zero-order chi connectivity index (χ0) is 41.4. The molecule has 0 saturated heterocycles. The first-order valence-corrected chi connectivity index (χ1v) is 21.7. The van der Waals surface area contributed by atoms with Crippen molar-refractivity contribution in [2.45, 2.75) is 161 Å². The maximum atomic E-state index is 12.7. The van der Waals surface area contributed by atoms with Gasteiger partial charge in [-0.05, 0) is 57.8 Å². The predicted molar refractivity (Wildman–Crippen MR) is 231 cm³/mol. The molecule has 56 heavy (non-hydrogen) atoms. The highest BCUT2D eigenvalue weighted by molar-refractivity contribution is 5.70. The first-order chi connectivity index (χ1) is 27.1. The molecule has 0 aromatic carbocycles. The predicted octanol–water partition coefficient (Wildman–Crippen LogP) is 10.4. The fourth-order valence-corrected chi connectivity index (χ4v) is 5.78. The number of ether oxygens (including phenoxy) is 3. The number of carbonyl (C=O) groups excluding carboxylic acids is 3. The molecule has 0 aliphatic heterocycles. The third-order valence-electron chi connectivity index (χ3n) is 9.12. The number of nitrogens with zero attached hydrogens (tertiary/aromatic N) is 1. The Hall–Kier alpha value is -3.49. The van der Waals surface area contributed by atoms with Gasteiger partial charge in [0, 0.05) is 19.3 Å². The van der Waals surface area contributed by atoms with E-state index in [-0.39, 0.29) is 49.1 Å². The summed E-state index contributed by atoms with van der Waals surface area (Å²) < 4.78 is 17.1. The first-order valence-electron chi connectivity index (χ1n) is 21.7. The SMILES string of the molecule is CC/C=C/C/C=C/CCCCCCCCCC(=O)OCC(COCCC(C(=O)[O-])[N+](C)(C)C)OC(=O)CCCCCCC/C=C/C=C/C=C/C=C/C=C/CCC. The van der Waals surface area contributed by atoms with Gasteiger partial charge in [-0.2, -0.15) is 0 Å². The second-order valence-corrected chi connectivity index (χ2v) is 15.3. The molecule has 0 bridgehead atoms. The zero-order valence-electron chi connectivity index (χ0n) is 36.0. The van der Waals surface area contributed by atoms with E-state index < -0.39 is 18.1 Å². The standard InChI is InChI=1S/C48H79NO7/c1-6-8-10-12-14-16-18-20-22-23-24-25-27-29-31-33-35-37-39-47(51)56-44(42-54-41-40-45(48(52)53)49(3,4)5)43-55-46(50)38-36-34-32-30-28-26-21-19-17-15-13-11-9-7-2/h9-12,14-18,20,22-25,44-45H,6-8,13,19,21,26-43H2,1-5H3/b11-9+,12-10+,16-14+,17-15+,20-18+,23-22+,25-24+. The molecule has 0 aliphatic carbocycles. The first kappa shape index (κ1) is 52.5. The number of allylic oxidation sites excluding steroid dienone is 14. The maximum Gasteiger partial charge on any atom is 0.306 e. The molecular formula is C48H79NO7. The average Bonchev–Trinajstić information content (AvgIpc) is 3.15. The van der Waals surface area contributed by atoms with Crippen molar-refractivity contribution in [2.24, 2.45) is 0 Å². The summed E-state index contributed by atoms with van der Waals surface area (Å²) in [5, 5.41) is 11.6. The normalized spacial score (nSPS) is 13.8. The van der Waals surface area contributed by atoms with Gasteiger partial charge in [0.25, 0.3) is 0 Å². The Morgan fingerprint density at radius 3 is 1.62 bits per heavy atom. The van der Waals surface area contributed by atoms with Crippen LogP contribution in [0, 0.1) is 0 Å². The number of rotatable bonds is 37. The molecule has 0 aromatic heterocycles. The van der Waals surface area contributed by atoms with Crippen LogP contribution in [0.4, 0.5) is 0 Å². The third-order valence-corrected chi connectivity index (χ3v) is 9.12. The number of carboxylic acids is 1. The minimum Gasteiger partial charge on any atom is -0.544 e. The second-order valence-electron chi connectivity index (χ2n) is 15.3. The van der Waals surface area contributed by atoms with Crippen LogP contribution in [0.5, 0.6) is 0 Å². The maximum absolute atomic E-state index is 12.7. The summed E-state index contributed by atoms with van der Waals surface area (Å²) >= 11 is 0. The number of hydrogen-bond acceptors (Lipinski definition) is 7. The van der Waals surface area contributed by atoms with Gasteiger partial charge in [0.15, 0.2) is 6.10 Å². The lowest BCUT2D eigenvalue weighted by atomic mass is 10.1.